The number of rotatable bonds is 13. The summed E-state index contributed by atoms with van der Waals surface area (Å²) < 4.78 is 0. The van der Waals surface area contributed by atoms with Gasteiger partial charge in [0.1, 0.15) is 0 Å². The molecule has 0 amide bonds. The molecule has 0 aliphatic rings. The average Bonchev–Trinajstić information content (AvgIpc) is 2.37. The topological polar surface area (TPSA) is 48.1 Å². The van der Waals surface area contributed by atoms with Crippen molar-refractivity contribution in [2.75, 3.05) is 39.3 Å². The van der Waals surface area contributed by atoms with Crippen LogP contribution in [-0.4, -0.2) is 51.4 Å². The second kappa shape index (κ2) is 12.6. The lowest BCUT2D eigenvalue weighted by Crippen LogP contribution is -2.37. The molecule has 2 unspecified atom stereocenters. The molecule has 0 heterocycles. The summed E-state index contributed by atoms with van der Waals surface area (Å²) in [5.41, 5.74) is 0. The molecule has 4 heteroatoms. The Morgan fingerprint density at radius 1 is 0.550 bits per heavy atom. The highest BCUT2D eigenvalue weighted by Crippen LogP contribution is 1.92. The minimum atomic E-state index is 0.583. The van der Waals surface area contributed by atoms with E-state index in [0.717, 1.165) is 39.3 Å². The van der Waals surface area contributed by atoms with Gasteiger partial charge >= 0.3 is 0 Å². The van der Waals surface area contributed by atoms with Crippen LogP contribution in [0.5, 0.6) is 0 Å². The zero-order chi connectivity index (χ0) is 15.4. The van der Waals surface area contributed by atoms with Gasteiger partial charge < -0.3 is 21.3 Å². The summed E-state index contributed by atoms with van der Waals surface area (Å²) in [5, 5.41) is 14.0. The predicted molar refractivity (Wildman–Crippen MR) is 90.3 cm³/mol. The molecule has 0 rings (SSSR count). The molecular formula is C16H38N4. The van der Waals surface area contributed by atoms with Crippen molar-refractivity contribution in [3.63, 3.8) is 0 Å². The summed E-state index contributed by atoms with van der Waals surface area (Å²) in [5.74, 6) is 1.37. The Morgan fingerprint density at radius 3 is 1.20 bits per heavy atom. The summed E-state index contributed by atoms with van der Waals surface area (Å²) in [6, 6.07) is 1.17. The van der Waals surface area contributed by atoms with Gasteiger partial charge in [-0.25, -0.2) is 0 Å². The zero-order valence-corrected chi connectivity index (χ0v) is 14.6. The lowest BCUT2D eigenvalue weighted by molar-refractivity contribution is 0.431. The molecule has 0 aliphatic carbocycles. The highest BCUT2D eigenvalue weighted by molar-refractivity contribution is 4.65. The fourth-order valence-electron chi connectivity index (χ4n) is 1.89. The molecule has 0 aromatic rings. The highest BCUT2D eigenvalue weighted by atomic mass is 15.0. The maximum absolute atomic E-state index is 3.51. The first-order chi connectivity index (χ1) is 9.41. The van der Waals surface area contributed by atoms with Gasteiger partial charge in [0, 0.05) is 25.2 Å². The van der Waals surface area contributed by atoms with E-state index in [1.165, 1.54) is 0 Å². The van der Waals surface area contributed by atoms with Crippen LogP contribution in [0.25, 0.3) is 0 Å². The van der Waals surface area contributed by atoms with Crippen molar-refractivity contribution in [2.45, 2.75) is 53.6 Å². The smallest absolute Gasteiger partial charge is 0.00768 e. The SMILES string of the molecule is CC(CNCCNCC(C)CNC(C)C)CNC(C)C. The Bertz CT molecular complexity index is 185. The van der Waals surface area contributed by atoms with Crippen molar-refractivity contribution < 1.29 is 0 Å². The molecule has 0 saturated carbocycles. The Hall–Kier alpha value is -0.160. The third-order valence-corrected chi connectivity index (χ3v) is 3.21. The first kappa shape index (κ1) is 19.8. The van der Waals surface area contributed by atoms with Crippen molar-refractivity contribution in [1.82, 2.24) is 21.3 Å². The molecule has 0 spiro atoms. The van der Waals surface area contributed by atoms with Crippen LogP contribution in [0.4, 0.5) is 0 Å². The second-order valence-corrected chi connectivity index (χ2v) is 6.74. The summed E-state index contributed by atoms with van der Waals surface area (Å²) >= 11 is 0. The van der Waals surface area contributed by atoms with E-state index in [1.54, 1.807) is 0 Å². The van der Waals surface area contributed by atoms with Crippen LogP contribution < -0.4 is 21.3 Å². The van der Waals surface area contributed by atoms with Gasteiger partial charge in [-0.3, -0.25) is 0 Å². The minimum Gasteiger partial charge on any atom is -0.315 e. The summed E-state index contributed by atoms with van der Waals surface area (Å²) in [4.78, 5) is 0. The lowest BCUT2D eigenvalue weighted by atomic mass is 10.1. The van der Waals surface area contributed by atoms with Gasteiger partial charge in [0.25, 0.3) is 0 Å². The Morgan fingerprint density at radius 2 is 0.900 bits per heavy atom. The normalized spacial score (nSPS) is 15.0. The van der Waals surface area contributed by atoms with E-state index in [2.05, 4.69) is 62.8 Å². The average molecular weight is 287 g/mol. The van der Waals surface area contributed by atoms with Gasteiger partial charge in [0.05, 0.1) is 0 Å². The maximum atomic E-state index is 3.51. The molecule has 0 saturated heterocycles. The monoisotopic (exact) mass is 286 g/mol. The van der Waals surface area contributed by atoms with E-state index in [4.69, 9.17) is 0 Å². The second-order valence-electron chi connectivity index (χ2n) is 6.74. The lowest BCUT2D eigenvalue weighted by Gasteiger charge is -2.17. The molecule has 0 fully saturated rings. The van der Waals surface area contributed by atoms with Crippen LogP contribution in [0.3, 0.4) is 0 Å². The molecule has 0 aromatic heterocycles. The van der Waals surface area contributed by atoms with Gasteiger partial charge in [-0.05, 0) is 38.0 Å². The fourth-order valence-corrected chi connectivity index (χ4v) is 1.89. The van der Waals surface area contributed by atoms with Crippen LogP contribution >= 0.6 is 0 Å². The van der Waals surface area contributed by atoms with Crippen LogP contribution in [0, 0.1) is 11.8 Å². The Kier molecular flexibility index (Phi) is 12.5. The van der Waals surface area contributed by atoms with Gasteiger partial charge in [0.2, 0.25) is 0 Å². The third kappa shape index (κ3) is 14.3. The first-order valence-electron chi connectivity index (χ1n) is 8.30. The maximum Gasteiger partial charge on any atom is 0.00768 e. The molecule has 2 atom stereocenters. The molecule has 4 N–H and O–H groups in total. The van der Waals surface area contributed by atoms with Crippen molar-refractivity contribution in [1.29, 1.82) is 0 Å². The van der Waals surface area contributed by atoms with Gasteiger partial charge in [0.15, 0.2) is 0 Å². The number of hydrogen-bond donors (Lipinski definition) is 4. The van der Waals surface area contributed by atoms with E-state index in [9.17, 15) is 0 Å². The number of hydrogen-bond acceptors (Lipinski definition) is 4. The fraction of sp³-hybridized carbons (Fsp3) is 1.00. The Labute approximate surface area is 126 Å². The standard InChI is InChI=1S/C16H38N4/c1-13(2)19-11-15(5)9-17-7-8-18-10-16(6)12-20-14(3)4/h13-20H,7-12H2,1-6H3. The van der Waals surface area contributed by atoms with Gasteiger partial charge in [-0.1, -0.05) is 41.5 Å². The van der Waals surface area contributed by atoms with Crippen LogP contribution in [0.15, 0.2) is 0 Å². The molecule has 0 radical (unpaired) electrons. The van der Waals surface area contributed by atoms with E-state index < -0.39 is 0 Å². The minimum absolute atomic E-state index is 0.583. The summed E-state index contributed by atoms with van der Waals surface area (Å²) in [7, 11) is 0. The van der Waals surface area contributed by atoms with Gasteiger partial charge in [-0.2, -0.15) is 0 Å². The molecule has 4 nitrogen and oxygen atoms in total. The molecule has 0 aromatic carbocycles. The van der Waals surface area contributed by atoms with E-state index in [-0.39, 0.29) is 0 Å². The van der Waals surface area contributed by atoms with Crippen LogP contribution in [0.2, 0.25) is 0 Å². The Balaban J connectivity index is 3.31. The number of nitrogens with one attached hydrogen (secondary N) is 4. The van der Waals surface area contributed by atoms with E-state index >= 15 is 0 Å². The van der Waals surface area contributed by atoms with Crippen LogP contribution in [-0.2, 0) is 0 Å². The van der Waals surface area contributed by atoms with E-state index in [1.807, 2.05) is 0 Å². The van der Waals surface area contributed by atoms with E-state index in [0.29, 0.717) is 23.9 Å². The quantitative estimate of drug-likeness (QED) is 0.387. The van der Waals surface area contributed by atoms with Gasteiger partial charge in [-0.15, -0.1) is 0 Å². The molecule has 20 heavy (non-hydrogen) atoms. The van der Waals surface area contributed by atoms with Crippen molar-refractivity contribution in [2.24, 2.45) is 11.8 Å². The van der Waals surface area contributed by atoms with Crippen molar-refractivity contribution in [3.05, 3.63) is 0 Å². The highest BCUT2D eigenvalue weighted by Gasteiger charge is 2.03. The molecule has 0 aliphatic heterocycles. The first-order valence-corrected chi connectivity index (χ1v) is 8.30. The zero-order valence-electron chi connectivity index (χ0n) is 14.6. The van der Waals surface area contributed by atoms with Crippen LogP contribution in [0.1, 0.15) is 41.5 Å². The molecular weight excluding hydrogens is 248 g/mol. The third-order valence-electron chi connectivity index (χ3n) is 3.21. The summed E-state index contributed by atoms with van der Waals surface area (Å²) in [6.45, 7) is 19.8. The molecule has 0 bridgehead atoms. The molecule has 122 valence electrons. The van der Waals surface area contributed by atoms with Crippen molar-refractivity contribution in [3.8, 4) is 0 Å². The predicted octanol–water partition coefficient (Wildman–Crippen LogP) is 1.43. The summed E-state index contributed by atoms with van der Waals surface area (Å²) in [6.07, 6.45) is 0. The van der Waals surface area contributed by atoms with Crippen molar-refractivity contribution >= 4 is 0 Å². The largest absolute Gasteiger partial charge is 0.315 e.